The molecule has 158 valence electrons. The van der Waals surface area contributed by atoms with Gasteiger partial charge in [-0.05, 0) is 42.5 Å². The smallest absolute Gasteiger partial charge is 0.282 e. The molecule has 2 aromatic carbocycles. The number of morpholine rings is 1. The molecule has 0 saturated carbocycles. The molecule has 0 bridgehead atoms. The minimum atomic E-state index is -3.85. The summed E-state index contributed by atoms with van der Waals surface area (Å²) < 4.78 is 56.3. The quantitative estimate of drug-likeness (QED) is 0.667. The van der Waals surface area contributed by atoms with Gasteiger partial charge in [0.25, 0.3) is 6.43 Å². The molecule has 3 aromatic rings. The van der Waals surface area contributed by atoms with E-state index in [1.54, 1.807) is 0 Å². The second kappa shape index (κ2) is 8.13. The summed E-state index contributed by atoms with van der Waals surface area (Å²) in [4.78, 5) is 2.13. The van der Waals surface area contributed by atoms with Gasteiger partial charge in [0.1, 0.15) is 5.69 Å². The second-order valence-electron chi connectivity index (χ2n) is 6.85. The number of ether oxygens (including phenoxy) is 1. The van der Waals surface area contributed by atoms with Crippen LogP contribution in [0.15, 0.2) is 59.5 Å². The predicted molar refractivity (Wildman–Crippen MR) is 108 cm³/mol. The number of hydrogen-bond acceptors (Lipinski definition) is 5. The Kier molecular flexibility index (Phi) is 5.54. The Bertz CT molecular complexity index is 1120. The fourth-order valence-electron chi connectivity index (χ4n) is 3.35. The van der Waals surface area contributed by atoms with Crippen LogP contribution in [0.2, 0.25) is 0 Å². The Balaban J connectivity index is 1.71. The molecule has 1 fully saturated rings. The molecule has 2 N–H and O–H groups in total. The van der Waals surface area contributed by atoms with Gasteiger partial charge in [-0.25, -0.2) is 27.0 Å². The van der Waals surface area contributed by atoms with Crippen molar-refractivity contribution in [1.82, 2.24) is 9.78 Å². The highest BCUT2D eigenvalue weighted by atomic mass is 32.2. The van der Waals surface area contributed by atoms with E-state index < -0.39 is 16.4 Å². The summed E-state index contributed by atoms with van der Waals surface area (Å²) >= 11 is 0. The largest absolute Gasteiger partial charge is 0.378 e. The molecule has 4 rings (SSSR count). The lowest BCUT2D eigenvalue weighted by atomic mass is 10.1. The number of alkyl halides is 2. The summed E-state index contributed by atoms with van der Waals surface area (Å²) in [6.45, 7) is 2.92. The topological polar surface area (TPSA) is 90.5 Å². The van der Waals surface area contributed by atoms with E-state index in [4.69, 9.17) is 9.88 Å². The van der Waals surface area contributed by atoms with Crippen molar-refractivity contribution in [1.29, 1.82) is 0 Å². The number of nitrogens with two attached hydrogens (primary N) is 1. The van der Waals surface area contributed by atoms with E-state index >= 15 is 0 Å². The first-order valence-electron chi connectivity index (χ1n) is 9.27. The van der Waals surface area contributed by atoms with Gasteiger partial charge in [0.05, 0.1) is 29.5 Å². The van der Waals surface area contributed by atoms with Gasteiger partial charge in [0.15, 0.2) is 0 Å². The van der Waals surface area contributed by atoms with Crippen LogP contribution in [0.3, 0.4) is 0 Å². The molecule has 0 radical (unpaired) electrons. The third-order valence-electron chi connectivity index (χ3n) is 4.90. The number of rotatable bonds is 5. The average Bonchev–Trinajstić information content (AvgIpc) is 3.20. The number of nitrogens with zero attached hydrogens (tertiary/aromatic N) is 3. The van der Waals surface area contributed by atoms with Gasteiger partial charge in [-0.1, -0.05) is 12.1 Å². The van der Waals surface area contributed by atoms with Crippen molar-refractivity contribution < 1.29 is 21.9 Å². The van der Waals surface area contributed by atoms with E-state index in [-0.39, 0.29) is 10.6 Å². The third kappa shape index (κ3) is 4.20. The van der Waals surface area contributed by atoms with E-state index in [0.29, 0.717) is 30.2 Å². The van der Waals surface area contributed by atoms with Gasteiger partial charge in [-0.3, -0.25) is 0 Å². The highest BCUT2D eigenvalue weighted by molar-refractivity contribution is 7.89. The maximum Gasteiger partial charge on any atom is 0.282 e. The molecule has 0 aliphatic carbocycles. The first-order chi connectivity index (χ1) is 14.3. The van der Waals surface area contributed by atoms with Crippen LogP contribution < -0.4 is 10.0 Å². The average molecular weight is 434 g/mol. The molecule has 0 unspecified atom stereocenters. The van der Waals surface area contributed by atoms with Crippen molar-refractivity contribution in [2.75, 3.05) is 31.2 Å². The molecule has 1 aromatic heterocycles. The molecule has 30 heavy (non-hydrogen) atoms. The second-order valence-corrected chi connectivity index (χ2v) is 8.41. The Morgan fingerprint density at radius 1 is 0.967 bits per heavy atom. The number of anilines is 1. The van der Waals surface area contributed by atoms with Crippen molar-refractivity contribution in [3.63, 3.8) is 0 Å². The Hall–Kier alpha value is -2.82. The van der Waals surface area contributed by atoms with Crippen LogP contribution >= 0.6 is 0 Å². The van der Waals surface area contributed by atoms with Crippen LogP contribution in [0.1, 0.15) is 12.1 Å². The van der Waals surface area contributed by atoms with Crippen molar-refractivity contribution in [2.24, 2.45) is 5.14 Å². The van der Waals surface area contributed by atoms with Gasteiger partial charge in [-0.15, -0.1) is 0 Å². The Morgan fingerprint density at radius 3 is 2.13 bits per heavy atom. The van der Waals surface area contributed by atoms with Crippen LogP contribution in [0.4, 0.5) is 14.5 Å². The van der Waals surface area contributed by atoms with E-state index in [1.165, 1.54) is 35.0 Å². The molecule has 10 heteroatoms. The first-order valence-corrected chi connectivity index (χ1v) is 10.8. The van der Waals surface area contributed by atoms with Crippen molar-refractivity contribution in [3.8, 4) is 16.9 Å². The predicted octanol–water partition coefficient (Wildman–Crippen LogP) is 2.96. The zero-order valence-electron chi connectivity index (χ0n) is 15.9. The molecule has 0 atom stereocenters. The van der Waals surface area contributed by atoms with E-state index in [9.17, 15) is 17.2 Å². The minimum absolute atomic E-state index is 0.0658. The van der Waals surface area contributed by atoms with Gasteiger partial charge in [0, 0.05) is 24.3 Å². The number of sulfonamides is 1. The first kappa shape index (κ1) is 20.5. The highest BCUT2D eigenvalue weighted by Crippen LogP contribution is 2.30. The van der Waals surface area contributed by atoms with Gasteiger partial charge in [0.2, 0.25) is 10.0 Å². The summed E-state index contributed by atoms with van der Waals surface area (Å²) in [5.74, 6) is 0. The lowest BCUT2D eigenvalue weighted by molar-refractivity contribution is 0.122. The lowest BCUT2D eigenvalue weighted by Gasteiger charge is -2.28. The molecule has 0 spiro atoms. The van der Waals surface area contributed by atoms with Crippen LogP contribution in [-0.4, -0.2) is 44.5 Å². The summed E-state index contributed by atoms with van der Waals surface area (Å²) in [6.07, 6.45) is -2.73. The zero-order chi connectivity index (χ0) is 21.3. The molecule has 1 aliphatic heterocycles. The summed E-state index contributed by atoms with van der Waals surface area (Å²) in [6, 6.07) is 14.5. The fraction of sp³-hybridized carbons (Fsp3) is 0.250. The molecular formula is C20H20F2N4O3S. The third-order valence-corrected chi connectivity index (χ3v) is 5.83. The Labute approximate surface area is 172 Å². The van der Waals surface area contributed by atoms with E-state index in [2.05, 4.69) is 10.00 Å². The lowest BCUT2D eigenvalue weighted by Crippen LogP contribution is -2.36. The molecule has 1 aliphatic rings. The number of aromatic nitrogens is 2. The van der Waals surface area contributed by atoms with Crippen LogP contribution in [0.5, 0.6) is 0 Å². The van der Waals surface area contributed by atoms with Gasteiger partial charge < -0.3 is 9.64 Å². The van der Waals surface area contributed by atoms with Crippen molar-refractivity contribution in [3.05, 3.63) is 60.3 Å². The summed E-state index contributed by atoms with van der Waals surface area (Å²) in [5, 5.41) is 9.14. The monoisotopic (exact) mass is 434 g/mol. The van der Waals surface area contributed by atoms with Gasteiger partial charge >= 0.3 is 0 Å². The van der Waals surface area contributed by atoms with Crippen LogP contribution in [0, 0.1) is 0 Å². The number of primary sulfonamides is 1. The standard InChI is InChI=1S/C20H20F2N4O3S/c21-20(22)18-13-19(14-1-3-15(4-2-14)25-9-11-29-12-10-25)26(24-18)16-5-7-17(8-6-16)30(23,27)28/h1-8,13,20H,9-12H2,(H2,23,27,28). The van der Waals surface area contributed by atoms with Crippen molar-refractivity contribution in [2.45, 2.75) is 11.3 Å². The van der Waals surface area contributed by atoms with Gasteiger partial charge in [-0.2, -0.15) is 5.10 Å². The Morgan fingerprint density at radius 2 is 1.57 bits per heavy atom. The zero-order valence-corrected chi connectivity index (χ0v) is 16.7. The number of benzene rings is 2. The maximum atomic E-state index is 13.3. The molecule has 1 saturated heterocycles. The molecule has 0 amide bonds. The minimum Gasteiger partial charge on any atom is -0.378 e. The van der Waals surface area contributed by atoms with E-state index in [1.807, 2.05) is 24.3 Å². The molecule has 7 nitrogen and oxygen atoms in total. The van der Waals surface area contributed by atoms with Crippen LogP contribution in [0.25, 0.3) is 16.9 Å². The van der Waals surface area contributed by atoms with Crippen molar-refractivity contribution >= 4 is 15.7 Å². The summed E-state index contributed by atoms with van der Waals surface area (Å²) in [5.41, 5.74) is 2.29. The SMILES string of the molecule is NS(=O)(=O)c1ccc(-n2nc(C(F)F)cc2-c2ccc(N3CCOCC3)cc2)cc1. The normalized spacial score (nSPS) is 15.0. The number of halogens is 2. The maximum absolute atomic E-state index is 13.3. The fourth-order valence-corrected chi connectivity index (χ4v) is 3.87. The number of hydrogen-bond donors (Lipinski definition) is 1. The molecule has 2 heterocycles. The molecular weight excluding hydrogens is 414 g/mol. The van der Waals surface area contributed by atoms with Crippen LogP contribution in [-0.2, 0) is 14.8 Å². The highest BCUT2D eigenvalue weighted by Gasteiger charge is 2.19. The summed E-state index contributed by atoms with van der Waals surface area (Å²) in [7, 11) is -3.85. The van der Waals surface area contributed by atoms with E-state index in [0.717, 1.165) is 18.8 Å².